The van der Waals surface area contributed by atoms with Gasteiger partial charge in [-0.1, -0.05) is 24.3 Å². The zero-order chi connectivity index (χ0) is 12.3. The lowest BCUT2D eigenvalue weighted by Crippen LogP contribution is -2.08. The van der Waals surface area contributed by atoms with Gasteiger partial charge in [-0.05, 0) is 30.7 Å². The number of rotatable bonds is 2. The molecule has 2 nitrogen and oxygen atoms in total. The van der Waals surface area contributed by atoms with Crippen molar-refractivity contribution >= 4 is 5.97 Å². The van der Waals surface area contributed by atoms with Crippen LogP contribution < -0.4 is 4.74 Å². The SMILES string of the molecule is Cc1ccc(OC(=O)c2ccccc2)cc1F. The fraction of sp³-hybridized carbons (Fsp3) is 0.0714. The third-order valence-electron chi connectivity index (χ3n) is 2.36. The molecule has 0 saturated heterocycles. The summed E-state index contributed by atoms with van der Waals surface area (Å²) in [4.78, 5) is 11.7. The molecule has 0 heterocycles. The molecule has 17 heavy (non-hydrogen) atoms. The van der Waals surface area contributed by atoms with Gasteiger partial charge in [0.25, 0.3) is 0 Å². The third-order valence-corrected chi connectivity index (χ3v) is 2.36. The van der Waals surface area contributed by atoms with Gasteiger partial charge < -0.3 is 4.74 Å². The minimum atomic E-state index is -0.492. The standard InChI is InChI=1S/C14H11FO2/c1-10-7-8-12(9-13(10)15)17-14(16)11-5-3-2-4-6-11/h2-9H,1H3. The maximum absolute atomic E-state index is 13.2. The van der Waals surface area contributed by atoms with Gasteiger partial charge in [-0.3, -0.25) is 0 Å². The van der Waals surface area contributed by atoms with E-state index in [9.17, 15) is 9.18 Å². The minimum absolute atomic E-state index is 0.210. The van der Waals surface area contributed by atoms with Gasteiger partial charge >= 0.3 is 5.97 Å². The number of hydrogen-bond donors (Lipinski definition) is 0. The van der Waals surface area contributed by atoms with Crippen molar-refractivity contribution < 1.29 is 13.9 Å². The van der Waals surface area contributed by atoms with E-state index >= 15 is 0 Å². The molecular weight excluding hydrogens is 219 g/mol. The second kappa shape index (κ2) is 4.78. The van der Waals surface area contributed by atoms with Gasteiger partial charge in [0.1, 0.15) is 11.6 Å². The van der Waals surface area contributed by atoms with Gasteiger partial charge in [0.15, 0.2) is 0 Å². The van der Waals surface area contributed by atoms with Crippen LogP contribution in [-0.4, -0.2) is 5.97 Å². The lowest BCUT2D eigenvalue weighted by atomic mass is 10.2. The number of hydrogen-bond acceptors (Lipinski definition) is 2. The Kier molecular flexibility index (Phi) is 3.19. The molecule has 0 aliphatic carbocycles. The molecule has 2 rings (SSSR count). The van der Waals surface area contributed by atoms with Crippen LogP contribution in [0.4, 0.5) is 4.39 Å². The highest BCUT2D eigenvalue weighted by Gasteiger charge is 2.08. The summed E-state index contributed by atoms with van der Waals surface area (Å²) in [6.45, 7) is 1.65. The van der Waals surface area contributed by atoms with Crippen LogP contribution in [0.5, 0.6) is 5.75 Å². The minimum Gasteiger partial charge on any atom is -0.423 e. The van der Waals surface area contributed by atoms with Gasteiger partial charge in [-0.25, -0.2) is 9.18 Å². The smallest absolute Gasteiger partial charge is 0.343 e. The molecule has 3 heteroatoms. The highest BCUT2D eigenvalue weighted by atomic mass is 19.1. The Labute approximate surface area is 98.7 Å². The maximum Gasteiger partial charge on any atom is 0.343 e. The molecule has 0 spiro atoms. The zero-order valence-corrected chi connectivity index (χ0v) is 9.31. The Morgan fingerprint density at radius 2 is 1.82 bits per heavy atom. The van der Waals surface area contributed by atoms with Gasteiger partial charge in [-0.15, -0.1) is 0 Å². The predicted molar refractivity (Wildman–Crippen MR) is 62.5 cm³/mol. The van der Waals surface area contributed by atoms with Crippen molar-refractivity contribution in [2.75, 3.05) is 0 Å². The van der Waals surface area contributed by atoms with E-state index < -0.39 is 5.97 Å². The fourth-order valence-corrected chi connectivity index (χ4v) is 1.38. The molecule has 0 saturated carbocycles. The van der Waals surface area contributed by atoms with Crippen LogP contribution >= 0.6 is 0 Å². The maximum atomic E-state index is 13.2. The molecule has 0 unspecified atom stereocenters. The first-order valence-electron chi connectivity index (χ1n) is 5.20. The number of carbonyl (C=O) groups excluding carboxylic acids is 1. The van der Waals surface area contributed by atoms with Crippen LogP contribution in [0.3, 0.4) is 0 Å². The van der Waals surface area contributed by atoms with Crippen molar-refractivity contribution in [1.82, 2.24) is 0 Å². The average Bonchev–Trinajstić information content (AvgIpc) is 2.35. The normalized spacial score (nSPS) is 10.0. The van der Waals surface area contributed by atoms with E-state index in [2.05, 4.69) is 0 Å². The molecule has 86 valence electrons. The number of ether oxygens (including phenoxy) is 1. The second-order valence-electron chi connectivity index (χ2n) is 3.67. The van der Waals surface area contributed by atoms with Crippen molar-refractivity contribution in [3.63, 3.8) is 0 Å². The van der Waals surface area contributed by atoms with E-state index in [1.165, 1.54) is 6.07 Å². The summed E-state index contributed by atoms with van der Waals surface area (Å²) in [6.07, 6.45) is 0. The highest BCUT2D eigenvalue weighted by Crippen LogP contribution is 2.17. The van der Waals surface area contributed by atoms with Crippen molar-refractivity contribution in [3.8, 4) is 5.75 Å². The molecule has 0 bridgehead atoms. The first-order chi connectivity index (χ1) is 8.16. The molecular formula is C14H11FO2. The van der Waals surface area contributed by atoms with Crippen LogP contribution in [-0.2, 0) is 0 Å². The van der Waals surface area contributed by atoms with Crippen molar-refractivity contribution in [2.45, 2.75) is 6.92 Å². The lowest BCUT2D eigenvalue weighted by Gasteiger charge is -2.05. The van der Waals surface area contributed by atoms with E-state index in [4.69, 9.17) is 4.74 Å². The Bertz CT molecular complexity index is 535. The number of halogens is 1. The van der Waals surface area contributed by atoms with Crippen LogP contribution in [0.1, 0.15) is 15.9 Å². The molecule has 0 aliphatic heterocycles. The molecule has 0 amide bonds. The number of esters is 1. The van der Waals surface area contributed by atoms with E-state index in [0.29, 0.717) is 11.1 Å². The summed E-state index contributed by atoms with van der Waals surface area (Å²) in [7, 11) is 0. The largest absolute Gasteiger partial charge is 0.423 e. The van der Waals surface area contributed by atoms with Crippen molar-refractivity contribution in [3.05, 3.63) is 65.5 Å². The molecule has 2 aromatic carbocycles. The highest BCUT2D eigenvalue weighted by molar-refractivity contribution is 5.90. The van der Waals surface area contributed by atoms with Crippen LogP contribution in [0.15, 0.2) is 48.5 Å². The van der Waals surface area contributed by atoms with Crippen LogP contribution in [0.25, 0.3) is 0 Å². The van der Waals surface area contributed by atoms with Crippen molar-refractivity contribution in [2.24, 2.45) is 0 Å². The van der Waals surface area contributed by atoms with E-state index in [0.717, 1.165) is 0 Å². The summed E-state index contributed by atoms with van der Waals surface area (Å²) in [5.74, 6) is -0.667. The molecule has 0 radical (unpaired) electrons. The molecule has 0 N–H and O–H groups in total. The van der Waals surface area contributed by atoms with E-state index in [1.807, 2.05) is 6.07 Å². The van der Waals surface area contributed by atoms with Crippen molar-refractivity contribution in [1.29, 1.82) is 0 Å². The number of aryl methyl sites for hydroxylation is 1. The van der Waals surface area contributed by atoms with Gasteiger partial charge in [0.05, 0.1) is 5.56 Å². The number of benzene rings is 2. The molecule has 0 fully saturated rings. The summed E-state index contributed by atoms with van der Waals surface area (Å²) in [6, 6.07) is 12.9. The lowest BCUT2D eigenvalue weighted by molar-refractivity contribution is 0.0734. The molecule has 0 aromatic heterocycles. The molecule has 2 aromatic rings. The second-order valence-corrected chi connectivity index (χ2v) is 3.67. The Morgan fingerprint density at radius 1 is 1.12 bits per heavy atom. The summed E-state index contributed by atoms with van der Waals surface area (Å²) < 4.78 is 18.3. The Balaban J connectivity index is 2.16. The summed E-state index contributed by atoms with van der Waals surface area (Å²) in [5.41, 5.74) is 0.956. The quantitative estimate of drug-likeness (QED) is 0.584. The zero-order valence-electron chi connectivity index (χ0n) is 9.31. The average molecular weight is 230 g/mol. The topological polar surface area (TPSA) is 26.3 Å². The van der Waals surface area contributed by atoms with Crippen LogP contribution in [0, 0.1) is 12.7 Å². The Morgan fingerprint density at radius 3 is 2.47 bits per heavy atom. The summed E-state index contributed by atoms with van der Waals surface area (Å²) >= 11 is 0. The predicted octanol–water partition coefficient (Wildman–Crippen LogP) is 3.35. The van der Waals surface area contributed by atoms with Gasteiger partial charge in [0.2, 0.25) is 0 Å². The van der Waals surface area contributed by atoms with Crippen LogP contribution in [0.2, 0.25) is 0 Å². The van der Waals surface area contributed by atoms with Gasteiger partial charge in [0, 0.05) is 6.07 Å². The summed E-state index contributed by atoms with van der Waals surface area (Å²) in [5, 5.41) is 0. The fourth-order valence-electron chi connectivity index (χ4n) is 1.38. The molecule has 0 aliphatic rings. The first-order valence-corrected chi connectivity index (χ1v) is 5.20. The van der Waals surface area contributed by atoms with Gasteiger partial charge in [-0.2, -0.15) is 0 Å². The van der Waals surface area contributed by atoms with E-state index in [1.54, 1.807) is 43.3 Å². The first kappa shape index (κ1) is 11.3. The molecule has 0 atom stereocenters. The Hall–Kier alpha value is -2.16. The number of carbonyl (C=O) groups is 1. The monoisotopic (exact) mass is 230 g/mol. The third kappa shape index (κ3) is 2.69. The van der Waals surface area contributed by atoms with E-state index in [-0.39, 0.29) is 11.6 Å².